The van der Waals surface area contributed by atoms with E-state index < -0.39 is 0 Å². The highest BCUT2D eigenvalue weighted by molar-refractivity contribution is 7.80. The quantitative estimate of drug-likeness (QED) is 0.841. The molecule has 1 aromatic rings. The molecule has 20 heavy (non-hydrogen) atoms. The van der Waals surface area contributed by atoms with Crippen LogP contribution in [0.1, 0.15) is 44.6 Å². The standard InChI is InChI=1S/C16H23NO2S/c1-3-11-6-4-5-7-14(11)19-15-10-12(18-2)8-9-13(15)16(17)20/h8-11,14H,3-7H2,1-2H3,(H2,17,20). The van der Waals surface area contributed by atoms with Crippen LogP contribution in [0.5, 0.6) is 11.5 Å². The van der Waals surface area contributed by atoms with Crippen LogP contribution in [0, 0.1) is 5.92 Å². The van der Waals surface area contributed by atoms with E-state index in [1.807, 2.05) is 18.2 Å². The van der Waals surface area contributed by atoms with Crippen molar-refractivity contribution in [2.45, 2.75) is 45.1 Å². The molecule has 1 aliphatic rings. The van der Waals surface area contributed by atoms with Crippen molar-refractivity contribution in [2.75, 3.05) is 7.11 Å². The van der Waals surface area contributed by atoms with Gasteiger partial charge in [0.15, 0.2) is 0 Å². The topological polar surface area (TPSA) is 44.5 Å². The Morgan fingerprint density at radius 3 is 2.75 bits per heavy atom. The molecule has 0 aliphatic heterocycles. The minimum absolute atomic E-state index is 0.258. The molecule has 1 saturated carbocycles. The summed E-state index contributed by atoms with van der Waals surface area (Å²) in [5, 5.41) is 0. The number of thiocarbonyl (C=S) groups is 1. The van der Waals surface area contributed by atoms with Gasteiger partial charge in [-0.3, -0.25) is 0 Å². The Balaban J connectivity index is 2.23. The Morgan fingerprint density at radius 2 is 2.10 bits per heavy atom. The van der Waals surface area contributed by atoms with Gasteiger partial charge >= 0.3 is 0 Å². The normalized spacial score (nSPS) is 22.3. The maximum atomic E-state index is 6.25. The fourth-order valence-corrected chi connectivity index (χ4v) is 3.06. The second-order valence-corrected chi connectivity index (χ2v) is 5.78. The first-order chi connectivity index (χ1) is 9.65. The van der Waals surface area contributed by atoms with E-state index in [0.29, 0.717) is 10.9 Å². The molecule has 2 N–H and O–H groups in total. The molecule has 0 amide bonds. The fourth-order valence-electron chi connectivity index (χ4n) is 2.89. The van der Waals surface area contributed by atoms with Gasteiger partial charge in [-0.25, -0.2) is 0 Å². The molecule has 0 bridgehead atoms. The second-order valence-electron chi connectivity index (χ2n) is 5.34. The Kier molecular flexibility index (Phi) is 5.24. The molecule has 1 fully saturated rings. The number of ether oxygens (including phenoxy) is 2. The molecule has 4 heteroatoms. The third-order valence-corrected chi connectivity index (χ3v) is 4.32. The van der Waals surface area contributed by atoms with Crippen molar-refractivity contribution in [3.63, 3.8) is 0 Å². The number of hydrogen-bond acceptors (Lipinski definition) is 3. The van der Waals surface area contributed by atoms with Crippen molar-refractivity contribution in [1.29, 1.82) is 0 Å². The molecule has 2 unspecified atom stereocenters. The van der Waals surface area contributed by atoms with Gasteiger partial charge in [-0.2, -0.15) is 0 Å². The average Bonchev–Trinajstić information content (AvgIpc) is 2.47. The van der Waals surface area contributed by atoms with Crippen LogP contribution in [0.15, 0.2) is 18.2 Å². The van der Waals surface area contributed by atoms with E-state index in [1.165, 1.54) is 19.3 Å². The van der Waals surface area contributed by atoms with Crippen LogP contribution in [-0.2, 0) is 0 Å². The van der Waals surface area contributed by atoms with E-state index in [9.17, 15) is 0 Å². The number of hydrogen-bond donors (Lipinski definition) is 1. The second kappa shape index (κ2) is 6.93. The zero-order valence-corrected chi connectivity index (χ0v) is 13.0. The summed E-state index contributed by atoms with van der Waals surface area (Å²) < 4.78 is 11.5. The highest BCUT2D eigenvalue weighted by Crippen LogP contribution is 2.33. The summed E-state index contributed by atoms with van der Waals surface area (Å²) in [5.74, 6) is 2.14. The Hall–Kier alpha value is -1.29. The van der Waals surface area contributed by atoms with Gasteiger partial charge in [0.1, 0.15) is 22.6 Å². The van der Waals surface area contributed by atoms with E-state index in [2.05, 4.69) is 6.92 Å². The zero-order valence-electron chi connectivity index (χ0n) is 12.2. The van der Waals surface area contributed by atoms with E-state index in [-0.39, 0.29) is 6.10 Å². The molecule has 0 aromatic heterocycles. The first kappa shape index (κ1) is 15.1. The van der Waals surface area contributed by atoms with Crippen LogP contribution in [0.25, 0.3) is 0 Å². The number of methoxy groups -OCH3 is 1. The molecule has 2 rings (SSSR count). The van der Waals surface area contributed by atoms with E-state index >= 15 is 0 Å². The number of rotatable bonds is 5. The molecule has 0 heterocycles. The summed E-state index contributed by atoms with van der Waals surface area (Å²) in [6, 6.07) is 5.62. The maximum absolute atomic E-state index is 6.25. The van der Waals surface area contributed by atoms with Gasteiger partial charge in [0.05, 0.1) is 12.7 Å². The van der Waals surface area contributed by atoms with Gasteiger partial charge in [-0.05, 0) is 43.7 Å². The Labute approximate surface area is 126 Å². The largest absolute Gasteiger partial charge is 0.497 e. The van der Waals surface area contributed by atoms with Crippen molar-refractivity contribution in [2.24, 2.45) is 11.7 Å². The summed E-state index contributed by atoms with van der Waals surface area (Å²) in [4.78, 5) is 0.367. The van der Waals surface area contributed by atoms with Gasteiger partial charge < -0.3 is 15.2 Å². The van der Waals surface area contributed by atoms with Crippen molar-refractivity contribution < 1.29 is 9.47 Å². The molecular weight excluding hydrogens is 270 g/mol. The molecule has 1 aromatic carbocycles. The van der Waals surface area contributed by atoms with Crippen LogP contribution in [0.3, 0.4) is 0 Å². The van der Waals surface area contributed by atoms with Gasteiger partial charge in [0.2, 0.25) is 0 Å². The van der Waals surface area contributed by atoms with E-state index in [1.54, 1.807) is 7.11 Å². The number of benzene rings is 1. The lowest BCUT2D eigenvalue weighted by Crippen LogP contribution is -2.30. The average molecular weight is 293 g/mol. The van der Waals surface area contributed by atoms with Crippen molar-refractivity contribution >= 4 is 17.2 Å². The molecule has 3 nitrogen and oxygen atoms in total. The van der Waals surface area contributed by atoms with Crippen molar-refractivity contribution in [3.8, 4) is 11.5 Å². The lowest BCUT2D eigenvalue weighted by Gasteiger charge is -2.31. The predicted molar refractivity (Wildman–Crippen MR) is 85.5 cm³/mol. The summed E-state index contributed by atoms with van der Waals surface area (Å²) in [6.45, 7) is 2.23. The van der Waals surface area contributed by atoms with Gasteiger partial charge in [-0.1, -0.05) is 25.6 Å². The van der Waals surface area contributed by atoms with Crippen LogP contribution < -0.4 is 15.2 Å². The molecular formula is C16H23NO2S. The lowest BCUT2D eigenvalue weighted by molar-refractivity contribution is 0.0900. The molecule has 2 atom stereocenters. The predicted octanol–water partition coefficient (Wildman–Crippen LogP) is 3.68. The Morgan fingerprint density at radius 1 is 1.35 bits per heavy atom. The first-order valence-corrected chi connectivity index (χ1v) is 7.71. The molecule has 0 radical (unpaired) electrons. The molecule has 1 aliphatic carbocycles. The van der Waals surface area contributed by atoms with Crippen LogP contribution in [0.4, 0.5) is 0 Å². The van der Waals surface area contributed by atoms with Crippen molar-refractivity contribution in [3.05, 3.63) is 23.8 Å². The van der Waals surface area contributed by atoms with Gasteiger partial charge in [0, 0.05) is 6.07 Å². The summed E-state index contributed by atoms with van der Waals surface area (Å²) in [5.41, 5.74) is 6.58. The maximum Gasteiger partial charge on any atom is 0.133 e. The van der Waals surface area contributed by atoms with E-state index in [4.69, 9.17) is 27.4 Å². The Bertz CT molecular complexity index is 476. The summed E-state index contributed by atoms with van der Waals surface area (Å²) in [7, 11) is 1.65. The summed E-state index contributed by atoms with van der Waals surface area (Å²) in [6.07, 6.45) is 6.29. The third kappa shape index (κ3) is 3.42. The lowest BCUT2D eigenvalue weighted by atomic mass is 9.84. The minimum Gasteiger partial charge on any atom is -0.497 e. The smallest absolute Gasteiger partial charge is 0.133 e. The first-order valence-electron chi connectivity index (χ1n) is 7.30. The van der Waals surface area contributed by atoms with Gasteiger partial charge in [0.25, 0.3) is 0 Å². The summed E-state index contributed by atoms with van der Waals surface area (Å²) >= 11 is 5.11. The third-order valence-electron chi connectivity index (χ3n) is 4.10. The van der Waals surface area contributed by atoms with Crippen LogP contribution in [0.2, 0.25) is 0 Å². The highest BCUT2D eigenvalue weighted by atomic mass is 32.1. The van der Waals surface area contributed by atoms with Crippen LogP contribution in [-0.4, -0.2) is 18.2 Å². The minimum atomic E-state index is 0.258. The van der Waals surface area contributed by atoms with E-state index in [0.717, 1.165) is 29.9 Å². The number of nitrogens with two attached hydrogens (primary N) is 1. The van der Waals surface area contributed by atoms with Crippen molar-refractivity contribution in [1.82, 2.24) is 0 Å². The van der Waals surface area contributed by atoms with Gasteiger partial charge in [-0.15, -0.1) is 0 Å². The van der Waals surface area contributed by atoms with Crippen LogP contribution >= 0.6 is 12.2 Å². The highest BCUT2D eigenvalue weighted by Gasteiger charge is 2.26. The molecule has 110 valence electrons. The molecule has 0 spiro atoms. The fraction of sp³-hybridized carbons (Fsp3) is 0.562. The zero-order chi connectivity index (χ0) is 14.5. The monoisotopic (exact) mass is 293 g/mol. The molecule has 0 saturated heterocycles. The SMILES string of the molecule is CCC1CCCCC1Oc1cc(OC)ccc1C(N)=S.